The third kappa shape index (κ3) is 36.3. The molecular formula is C83H153F5N8O9. The molecule has 10 rings (SSSR count). The maximum atomic E-state index is 12.5. The highest BCUT2D eigenvalue weighted by Crippen LogP contribution is 2.40. The summed E-state index contributed by atoms with van der Waals surface area (Å²) >= 11 is 0. The van der Waals surface area contributed by atoms with Gasteiger partial charge in [-0.1, -0.05) is 123 Å². The Balaban J connectivity index is 0.000000404. The Bertz CT molecular complexity index is 2550. The number of aryl methyl sites for hydroxylation is 1. The standard InChI is InChI=1S/C13H19NO.C12H23NO2.C10H18F3N.C9H17NO2.C9H17NO.C8H17NO.C8H15NO.C7H13F2N.C7H14O/c1-9(2)10-6-7-12-11(13(10)15-3)5-4-8-14-12;1-9(2)10-7-6-8-13(10)11(14)15-12(3,4)5;1-8(2)9-5-3-4-6-14(9)7-10(11,12)13;1-7(2)9-6-12-5-4-10(9)8(3)11;1-7(2)9-5-4-6-10(9)8(3)11;1-7(2)9-6-4-5-8(9)10-3;1-6(2)7-4-3-5-9-8(7)10;1-5(2)6-3-7(8,9)4-10-6;1-6(2)7-4-3-5-8-7/h4-5,8-10,13H,6-7H2,1-3H3;9-10H,6-8H2,1-5H3;8-9H,3-7H2,1-2H3;7,9H,4-6H2,1-3H3;7,9H,4-6H2,1-3H3;7-8H,4-6H2,1-3H3;6-7H,3-5H2,1-2H3,(H,9,10);5-6,10H,3-4H2,1-2H3;6-7H,3-5H2,1-2H3. The van der Waals surface area contributed by atoms with Crippen LogP contribution in [0.5, 0.6) is 0 Å². The van der Waals surface area contributed by atoms with Crippen LogP contribution in [0.3, 0.4) is 0 Å². The quantitative estimate of drug-likeness (QED) is 0.190. The van der Waals surface area contributed by atoms with E-state index in [4.69, 9.17) is 23.7 Å². The average molecular weight is 1500 g/mol. The number of carbonyl (C=O) groups excluding carboxylic acids is 4. The molecule has 0 aromatic carbocycles. The summed E-state index contributed by atoms with van der Waals surface area (Å²) in [5, 5.41) is 5.67. The van der Waals surface area contributed by atoms with Gasteiger partial charge in [0.05, 0.1) is 44.6 Å². The highest BCUT2D eigenvalue weighted by molar-refractivity contribution is 5.79. The molecule has 2 N–H and O–H groups in total. The first-order valence-corrected chi connectivity index (χ1v) is 40.7. The maximum Gasteiger partial charge on any atom is 0.410 e. The lowest BCUT2D eigenvalue weighted by molar-refractivity contribution is -0.155. The minimum atomic E-state index is -4.05. The molecule has 8 fully saturated rings. The van der Waals surface area contributed by atoms with Crippen LogP contribution >= 0.6 is 0 Å². The van der Waals surface area contributed by atoms with Gasteiger partial charge in [0, 0.05) is 127 Å². The van der Waals surface area contributed by atoms with E-state index in [1.807, 2.05) is 82.5 Å². The van der Waals surface area contributed by atoms with Gasteiger partial charge in [0.15, 0.2) is 0 Å². The van der Waals surface area contributed by atoms with Crippen LogP contribution in [-0.4, -0.2) is 206 Å². The van der Waals surface area contributed by atoms with Crippen LogP contribution in [-0.2, 0) is 44.5 Å². The van der Waals surface area contributed by atoms with Crippen molar-refractivity contribution in [3.05, 3.63) is 29.6 Å². The number of carbonyl (C=O) groups is 4. The predicted molar refractivity (Wildman–Crippen MR) is 416 cm³/mol. The van der Waals surface area contributed by atoms with Crippen LogP contribution < -0.4 is 10.6 Å². The third-order valence-corrected chi connectivity index (χ3v) is 21.7. The van der Waals surface area contributed by atoms with E-state index in [0.29, 0.717) is 97.6 Å². The van der Waals surface area contributed by atoms with Gasteiger partial charge < -0.3 is 49.0 Å². The van der Waals surface area contributed by atoms with E-state index in [1.54, 1.807) is 25.9 Å². The van der Waals surface area contributed by atoms with Crippen LogP contribution in [0.1, 0.15) is 273 Å². The number of rotatable bonds is 12. The highest BCUT2D eigenvalue weighted by Gasteiger charge is 2.41. The van der Waals surface area contributed by atoms with E-state index in [-0.39, 0.29) is 72.5 Å². The van der Waals surface area contributed by atoms with Crippen LogP contribution in [0.25, 0.3) is 0 Å². The Kier molecular flexibility index (Phi) is 45.2. The van der Waals surface area contributed by atoms with Crippen LogP contribution in [0.15, 0.2) is 18.3 Å². The fraction of sp³-hybridized carbons (Fsp3) is 0.892. The zero-order valence-corrected chi connectivity index (χ0v) is 70.5. The van der Waals surface area contributed by atoms with Gasteiger partial charge in [-0.3, -0.25) is 29.2 Å². The number of nitrogens with zero attached hydrogens (tertiary/aromatic N) is 6. The lowest BCUT2D eigenvalue weighted by Crippen LogP contribution is -2.50. The second-order valence-corrected chi connectivity index (χ2v) is 34.5. The van der Waals surface area contributed by atoms with Gasteiger partial charge in [0.1, 0.15) is 11.8 Å². The summed E-state index contributed by atoms with van der Waals surface area (Å²) in [6.07, 6.45) is 15.9. The summed E-state index contributed by atoms with van der Waals surface area (Å²) in [6, 6.07) is 6.06. The Morgan fingerprint density at radius 3 is 1.60 bits per heavy atom. The molecule has 614 valence electrons. The highest BCUT2D eigenvalue weighted by atomic mass is 19.4. The van der Waals surface area contributed by atoms with Crippen molar-refractivity contribution in [2.24, 2.45) is 59.2 Å². The molecule has 0 spiro atoms. The fourth-order valence-corrected chi connectivity index (χ4v) is 15.6. The van der Waals surface area contributed by atoms with Crippen molar-refractivity contribution in [1.82, 2.24) is 40.1 Å². The number of morpholine rings is 1. The van der Waals surface area contributed by atoms with Gasteiger partial charge >= 0.3 is 12.3 Å². The number of alkyl halides is 5. The van der Waals surface area contributed by atoms with Crippen molar-refractivity contribution < 1.29 is 64.8 Å². The lowest BCUT2D eigenvalue weighted by atomic mass is 9.77. The molecule has 9 heterocycles. The van der Waals surface area contributed by atoms with Crippen molar-refractivity contribution in [1.29, 1.82) is 0 Å². The Hall–Kier alpha value is -3.80. The summed E-state index contributed by atoms with van der Waals surface area (Å²) < 4.78 is 88.8. The van der Waals surface area contributed by atoms with Crippen LogP contribution in [0, 0.1) is 59.2 Å². The molecule has 1 aromatic heterocycles. The molecule has 0 radical (unpaired) electrons. The number of hydrogen-bond acceptors (Lipinski definition) is 13. The number of aromatic nitrogens is 1. The monoisotopic (exact) mass is 1500 g/mol. The zero-order valence-electron chi connectivity index (χ0n) is 70.5. The van der Waals surface area contributed by atoms with Gasteiger partial charge in [-0.05, 0) is 190 Å². The minimum Gasteiger partial charge on any atom is -0.444 e. The molecule has 10 atom stereocenters. The number of hydrogen-bond donors (Lipinski definition) is 2. The smallest absolute Gasteiger partial charge is 0.410 e. The number of fused-ring (bicyclic) bond motifs is 1. The first-order valence-electron chi connectivity index (χ1n) is 40.7. The largest absolute Gasteiger partial charge is 0.444 e. The molecule has 17 nitrogen and oxygen atoms in total. The lowest BCUT2D eigenvalue weighted by Gasteiger charge is -2.38. The van der Waals surface area contributed by atoms with Crippen molar-refractivity contribution >= 4 is 23.8 Å². The van der Waals surface area contributed by atoms with Gasteiger partial charge in [-0.25, -0.2) is 13.6 Å². The molecule has 0 saturated carbocycles. The van der Waals surface area contributed by atoms with Gasteiger partial charge in [-0.15, -0.1) is 0 Å². The summed E-state index contributed by atoms with van der Waals surface area (Å²) in [4.78, 5) is 59.5. The maximum absolute atomic E-state index is 12.5. The number of methoxy groups -OCH3 is 2. The van der Waals surface area contributed by atoms with Crippen molar-refractivity contribution in [3.63, 3.8) is 0 Å². The first kappa shape index (κ1) is 97.3. The molecule has 1 aliphatic carbocycles. The zero-order chi connectivity index (χ0) is 79.7. The summed E-state index contributed by atoms with van der Waals surface area (Å²) in [7, 11) is 3.60. The average Bonchev–Trinajstić information content (AvgIpc) is 1.68. The van der Waals surface area contributed by atoms with Gasteiger partial charge in [-0.2, -0.15) is 13.2 Å². The van der Waals surface area contributed by atoms with Gasteiger partial charge in [0.25, 0.3) is 5.92 Å². The minimum absolute atomic E-state index is 0.00463. The number of ether oxygens (including phenoxy) is 5. The SMILES string of the molecule is CC(=O)N1CCCC1C(C)C.CC(=O)N1CCOCC1C(C)C.CC(C)C1CC(F)(F)CN1.CC(C)C1CCCCN1CC(F)(F)F.CC(C)C1CCCN1C(=O)OC(C)(C)C.CC(C)C1CCCNC1=O.CC(C)C1CCCO1.COC1CCCN1C(C)C.COC1c2cccnc2CCC1C(C)C. The molecule has 9 aliphatic rings. The van der Waals surface area contributed by atoms with E-state index in [0.717, 1.165) is 90.1 Å². The van der Waals surface area contributed by atoms with E-state index >= 15 is 0 Å². The summed E-state index contributed by atoms with van der Waals surface area (Å²) in [5.41, 5.74) is 2.13. The molecule has 10 unspecified atom stereocenters. The molecule has 8 aliphatic heterocycles. The molecule has 0 bridgehead atoms. The van der Waals surface area contributed by atoms with Gasteiger partial charge in [0.2, 0.25) is 17.7 Å². The van der Waals surface area contributed by atoms with E-state index in [2.05, 4.69) is 124 Å². The number of amides is 4. The second-order valence-electron chi connectivity index (χ2n) is 34.5. The van der Waals surface area contributed by atoms with E-state index in [9.17, 15) is 41.1 Å². The summed E-state index contributed by atoms with van der Waals surface area (Å²) in [5.74, 6) is 3.22. The second kappa shape index (κ2) is 48.8. The van der Waals surface area contributed by atoms with Crippen molar-refractivity contribution in [2.45, 2.75) is 334 Å². The van der Waals surface area contributed by atoms with Crippen LogP contribution in [0.4, 0.5) is 26.7 Å². The predicted octanol–water partition coefficient (Wildman–Crippen LogP) is 17.7. The Morgan fingerprint density at radius 1 is 0.619 bits per heavy atom. The Morgan fingerprint density at radius 2 is 1.19 bits per heavy atom. The van der Waals surface area contributed by atoms with E-state index in [1.165, 1.54) is 62.7 Å². The third-order valence-electron chi connectivity index (χ3n) is 21.7. The number of likely N-dealkylation sites (tertiary alicyclic amines) is 4. The van der Waals surface area contributed by atoms with E-state index < -0.39 is 18.6 Å². The topological polar surface area (TPSA) is 168 Å². The van der Waals surface area contributed by atoms with Crippen LogP contribution in [0.2, 0.25) is 0 Å². The summed E-state index contributed by atoms with van der Waals surface area (Å²) in [6.45, 7) is 54.2. The molecule has 4 amide bonds. The molecular weight excluding hydrogens is 1350 g/mol. The van der Waals surface area contributed by atoms with Crippen molar-refractivity contribution in [3.8, 4) is 0 Å². The molecule has 22 heteroatoms. The number of piperidine rings is 2. The molecule has 1 aromatic rings. The molecule has 105 heavy (non-hydrogen) atoms. The Labute approximate surface area is 635 Å². The molecule has 8 saturated heterocycles. The number of nitrogens with one attached hydrogen (secondary N) is 2. The fourth-order valence-electron chi connectivity index (χ4n) is 15.6. The number of halogens is 5. The van der Waals surface area contributed by atoms with Crippen molar-refractivity contribution in [2.75, 3.05) is 86.4 Å². The normalized spacial score (nSPS) is 26.1. The first-order chi connectivity index (χ1) is 49.0. The number of pyridine rings is 1.